The van der Waals surface area contributed by atoms with Crippen molar-refractivity contribution in [3.05, 3.63) is 29.5 Å². The van der Waals surface area contributed by atoms with Gasteiger partial charge in [0, 0.05) is 0 Å². The molecule has 0 unspecified atom stereocenters. The molecule has 0 saturated heterocycles. The third kappa shape index (κ3) is 5.13. The lowest BCUT2D eigenvalue weighted by Gasteiger charge is -1.83. The highest BCUT2D eigenvalue weighted by Gasteiger charge is 1.74. The van der Waals surface area contributed by atoms with Gasteiger partial charge < -0.3 is 0 Å². The van der Waals surface area contributed by atoms with E-state index in [4.69, 9.17) is 0 Å². The van der Waals surface area contributed by atoms with E-state index in [-0.39, 0.29) is 0 Å². The fraction of sp³-hybridized carbons (Fsp3) is 0.444. The molecule has 0 amide bonds. The summed E-state index contributed by atoms with van der Waals surface area (Å²) in [5, 5.41) is 0. The van der Waals surface area contributed by atoms with E-state index in [0.29, 0.717) is 0 Å². The maximum absolute atomic E-state index is 3.01. The van der Waals surface area contributed by atoms with E-state index in [2.05, 4.69) is 25.7 Å². The van der Waals surface area contributed by atoms with Gasteiger partial charge in [-0.05, 0) is 38.0 Å². The van der Waals surface area contributed by atoms with Crippen LogP contribution in [0.2, 0.25) is 0 Å². The minimum Gasteiger partial charge on any atom is -0.125 e. The standard InChI is InChI=1S/C9H14/c1-4-6-8-9(3)7-5-2/h4,7-8H,5H2,1-3H3. The van der Waals surface area contributed by atoms with Crippen LogP contribution >= 0.6 is 0 Å². The zero-order chi connectivity index (χ0) is 7.11. The lowest BCUT2D eigenvalue weighted by Crippen LogP contribution is -1.63. The molecule has 0 atom stereocenters. The summed E-state index contributed by atoms with van der Waals surface area (Å²) in [6.07, 6.45) is 7.18. The van der Waals surface area contributed by atoms with Crippen molar-refractivity contribution < 1.29 is 0 Å². The van der Waals surface area contributed by atoms with Gasteiger partial charge in [0.25, 0.3) is 0 Å². The average Bonchev–Trinajstić information content (AvgIpc) is 1.85. The molecule has 0 radical (unpaired) electrons. The predicted molar refractivity (Wildman–Crippen MR) is 42.4 cm³/mol. The molecule has 0 aromatic rings. The van der Waals surface area contributed by atoms with Crippen molar-refractivity contribution in [3.8, 4) is 0 Å². The average molecular weight is 122 g/mol. The second kappa shape index (κ2) is 5.40. The molecule has 9 heavy (non-hydrogen) atoms. The van der Waals surface area contributed by atoms with E-state index in [1.54, 1.807) is 0 Å². The molecular weight excluding hydrogens is 108 g/mol. The third-order valence-electron chi connectivity index (χ3n) is 1.00. The van der Waals surface area contributed by atoms with Crippen molar-refractivity contribution >= 4 is 0 Å². The first-order chi connectivity index (χ1) is 4.31. The molecule has 0 fully saturated rings. The van der Waals surface area contributed by atoms with Crippen molar-refractivity contribution in [2.75, 3.05) is 0 Å². The Morgan fingerprint density at radius 3 is 2.67 bits per heavy atom. The van der Waals surface area contributed by atoms with Crippen LogP contribution in [0.3, 0.4) is 0 Å². The normalized spacial score (nSPS) is 10.3. The molecular formula is C9H14. The summed E-state index contributed by atoms with van der Waals surface area (Å²) >= 11 is 0. The number of rotatable bonds is 2. The van der Waals surface area contributed by atoms with Gasteiger partial charge in [0.15, 0.2) is 0 Å². The minimum atomic E-state index is 1.10. The van der Waals surface area contributed by atoms with Crippen LogP contribution in [0.15, 0.2) is 29.5 Å². The van der Waals surface area contributed by atoms with Crippen molar-refractivity contribution in [1.29, 1.82) is 0 Å². The van der Waals surface area contributed by atoms with E-state index >= 15 is 0 Å². The molecule has 0 nitrogen and oxygen atoms in total. The van der Waals surface area contributed by atoms with Crippen molar-refractivity contribution in [3.63, 3.8) is 0 Å². The molecule has 0 heterocycles. The number of hydrogen-bond acceptors (Lipinski definition) is 0. The van der Waals surface area contributed by atoms with E-state index in [1.165, 1.54) is 5.57 Å². The molecule has 0 aromatic carbocycles. The van der Waals surface area contributed by atoms with Crippen molar-refractivity contribution in [2.45, 2.75) is 27.2 Å². The molecule has 50 valence electrons. The lowest BCUT2D eigenvalue weighted by atomic mass is 10.2. The number of allylic oxidation sites excluding steroid dienone is 3. The van der Waals surface area contributed by atoms with Crippen LogP contribution in [-0.2, 0) is 0 Å². The van der Waals surface area contributed by atoms with Crippen LogP contribution in [-0.4, -0.2) is 0 Å². The Morgan fingerprint density at radius 2 is 2.22 bits per heavy atom. The van der Waals surface area contributed by atoms with Crippen molar-refractivity contribution in [1.82, 2.24) is 0 Å². The van der Waals surface area contributed by atoms with Gasteiger partial charge in [0.05, 0.1) is 0 Å². The van der Waals surface area contributed by atoms with Crippen LogP contribution in [0.5, 0.6) is 0 Å². The SMILES string of the molecule is CC=C=CC(C)=CCC. The second-order valence-corrected chi connectivity index (χ2v) is 1.96. The molecule has 0 N–H and O–H groups in total. The third-order valence-corrected chi connectivity index (χ3v) is 1.00. The zero-order valence-corrected chi connectivity index (χ0v) is 6.44. The topological polar surface area (TPSA) is 0 Å². The Hall–Kier alpha value is -0.740. The van der Waals surface area contributed by atoms with Gasteiger partial charge in [-0.2, -0.15) is 0 Å². The molecule has 0 saturated carbocycles. The molecule has 0 bridgehead atoms. The quantitative estimate of drug-likeness (QED) is 0.390. The molecule has 0 aromatic heterocycles. The predicted octanol–water partition coefficient (Wildman–Crippen LogP) is 3.07. The first kappa shape index (κ1) is 8.26. The first-order valence-electron chi connectivity index (χ1n) is 3.35. The molecule has 0 aliphatic carbocycles. The Bertz CT molecular complexity index is 143. The Kier molecular flexibility index (Phi) is 4.95. The van der Waals surface area contributed by atoms with Crippen LogP contribution < -0.4 is 0 Å². The van der Waals surface area contributed by atoms with E-state index < -0.39 is 0 Å². The van der Waals surface area contributed by atoms with Gasteiger partial charge in [0.1, 0.15) is 0 Å². The van der Waals surface area contributed by atoms with Gasteiger partial charge in [0.2, 0.25) is 0 Å². The molecule has 0 heteroatoms. The highest BCUT2D eigenvalue weighted by atomic mass is 13.8. The van der Waals surface area contributed by atoms with Gasteiger partial charge in [-0.3, -0.25) is 0 Å². The van der Waals surface area contributed by atoms with Crippen LogP contribution in [0.1, 0.15) is 27.2 Å². The van der Waals surface area contributed by atoms with Gasteiger partial charge in [-0.25, -0.2) is 0 Å². The highest BCUT2D eigenvalue weighted by molar-refractivity contribution is 5.14. The zero-order valence-electron chi connectivity index (χ0n) is 6.44. The minimum absolute atomic E-state index is 1.10. The van der Waals surface area contributed by atoms with E-state index in [1.807, 2.05) is 19.1 Å². The van der Waals surface area contributed by atoms with Crippen LogP contribution in [0, 0.1) is 0 Å². The molecule has 0 spiro atoms. The molecule has 0 rings (SSSR count). The fourth-order valence-electron chi connectivity index (χ4n) is 0.596. The van der Waals surface area contributed by atoms with Gasteiger partial charge in [-0.1, -0.05) is 13.0 Å². The number of hydrogen-bond donors (Lipinski definition) is 0. The molecule has 0 aliphatic rings. The van der Waals surface area contributed by atoms with Gasteiger partial charge >= 0.3 is 0 Å². The highest BCUT2D eigenvalue weighted by Crippen LogP contribution is 1.94. The summed E-state index contributed by atoms with van der Waals surface area (Å²) in [5.41, 5.74) is 4.30. The van der Waals surface area contributed by atoms with Gasteiger partial charge in [-0.15, -0.1) is 5.73 Å². The Morgan fingerprint density at radius 1 is 1.56 bits per heavy atom. The van der Waals surface area contributed by atoms with E-state index in [9.17, 15) is 0 Å². The summed E-state index contributed by atoms with van der Waals surface area (Å²) in [6.45, 7) is 6.18. The Labute approximate surface area is 57.6 Å². The maximum atomic E-state index is 3.01. The largest absolute Gasteiger partial charge is 0.125 e. The van der Waals surface area contributed by atoms with E-state index in [0.717, 1.165) is 6.42 Å². The van der Waals surface area contributed by atoms with Crippen LogP contribution in [0.4, 0.5) is 0 Å². The summed E-state index contributed by atoms with van der Waals surface area (Å²) < 4.78 is 0. The smallest absolute Gasteiger partial charge is 0.0177 e. The second-order valence-electron chi connectivity index (χ2n) is 1.96. The Balaban J connectivity index is 3.90. The summed E-state index contributed by atoms with van der Waals surface area (Å²) in [4.78, 5) is 0. The summed E-state index contributed by atoms with van der Waals surface area (Å²) in [7, 11) is 0. The summed E-state index contributed by atoms with van der Waals surface area (Å²) in [6, 6.07) is 0. The molecule has 0 aliphatic heterocycles. The monoisotopic (exact) mass is 122 g/mol. The summed E-state index contributed by atoms with van der Waals surface area (Å²) in [5.74, 6) is 0. The van der Waals surface area contributed by atoms with Crippen molar-refractivity contribution in [2.24, 2.45) is 0 Å². The maximum Gasteiger partial charge on any atom is -0.0177 e. The first-order valence-corrected chi connectivity index (χ1v) is 3.35. The lowest BCUT2D eigenvalue weighted by molar-refractivity contribution is 1.20. The van der Waals surface area contributed by atoms with Crippen LogP contribution in [0.25, 0.3) is 0 Å². The fourth-order valence-corrected chi connectivity index (χ4v) is 0.596.